The van der Waals surface area contributed by atoms with Crippen LogP contribution < -0.4 is 5.32 Å². The first-order valence-corrected chi connectivity index (χ1v) is 9.38. The van der Waals surface area contributed by atoms with Gasteiger partial charge in [-0.1, -0.05) is 41.9 Å². The lowest BCUT2D eigenvalue weighted by Gasteiger charge is -2.15. The molecule has 0 aliphatic carbocycles. The van der Waals surface area contributed by atoms with Gasteiger partial charge in [-0.25, -0.2) is 4.98 Å². The topological polar surface area (TPSA) is 55.1 Å². The zero-order valence-electron chi connectivity index (χ0n) is 15.8. The number of amides is 1. The molecule has 0 unspecified atom stereocenters. The van der Waals surface area contributed by atoms with Gasteiger partial charge in [0.15, 0.2) is 11.7 Å². The second-order valence-electron chi connectivity index (χ2n) is 6.73. The molecule has 0 fully saturated rings. The smallest absolute Gasteiger partial charge is 0.220 e. The van der Waals surface area contributed by atoms with Crippen LogP contribution in [-0.2, 0) is 11.2 Å². The quantitative estimate of drug-likeness (QED) is 0.619. The number of hydrogen-bond donors (Lipinski definition) is 1. The number of aromatic nitrogens is 1. The number of oxazole rings is 1. The minimum atomic E-state index is -0.151. The van der Waals surface area contributed by atoms with E-state index in [4.69, 9.17) is 16.0 Å². The van der Waals surface area contributed by atoms with Crippen molar-refractivity contribution < 1.29 is 9.21 Å². The normalized spacial score (nSPS) is 12.0. The van der Waals surface area contributed by atoms with Crippen molar-refractivity contribution in [1.29, 1.82) is 0 Å². The van der Waals surface area contributed by atoms with E-state index in [1.807, 2.05) is 37.3 Å². The van der Waals surface area contributed by atoms with Gasteiger partial charge in [-0.2, -0.15) is 0 Å². The lowest BCUT2D eigenvalue weighted by atomic mass is 10.1. The Bertz CT molecular complexity index is 949. The highest BCUT2D eigenvalue weighted by molar-refractivity contribution is 6.31. The maximum absolute atomic E-state index is 12.2. The number of nitrogens with one attached hydrogen (secondary N) is 1. The summed E-state index contributed by atoms with van der Waals surface area (Å²) in [6.07, 6.45) is 2.47. The van der Waals surface area contributed by atoms with Gasteiger partial charge in [0.25, 0.3) is 0 Å². The number of carbonyl (C=O) groups is 1. The molecule has 3 aromatic rings. The van der Waals surface area contributed by atoms with Crippen molar-refractivity contribution in [3.63, 3.8) is 0 Å². The van der Waals surface area contributed by atoms with Gasteiger partial charge >= 0.3 is 0 Å². The monoisotopic (exact) mass is 382 g/mol. The zero-order valence-corrected chi connectivity index (χ0v) is 16.5. The summed E-state index contributed by atoms with van der Waals surface area (Å²) in [5.74, 6) is 1.22. The second-order valence-corrected chi connectivity index (χ2v) is 7.14. The fourth-order valence-corrected chi connectivity index (χ4v) is 3.19. The first-order chi connectivity index (χ1) is 12.9. The molecule has 140 valence electrons. The molecule has 1 amide bonds. The minimum Gasteiger partial charge on any atom is -0.441 e. The number of hydrogen-bond acceptors (Lipinski definition) is 3. The van der Waals surface area contributed by atoms with Crippen molar-refractivity contribution in [2.24, 2.45) is 0 Å². The van der Waals surface area contributed by atoms with Crippen molar-refractivity contribution in [1.82, 2.24) is 10.3 Å². The molecule has 5 heteroatoms. The van der Waals surface area contributed by atoms with E-state index in [2.05, 4.69) is 36.3 Å². The molecule has 0 radical (unpaired) electrons. The SMILES string of the molecule is Cc1ccc(-c2cnc(CCC(=O)N[C@H](C)c3ccccc3Cl)o2)cc1C. The average Bonchev–Trinajstić information content (AvgIpc) is 3.11. The second kappa shape index (κ2) is 8.40. The van der Waals surface area contributed by atoms with Gasteiger partial charge in [-0.15, -0.1) is 0 Å². The Labute approximate surface area is 164 Å². The first kappa shape index (κ1) is 19.2. The minimum absolute atomic E-state index is 0.0617. The van der Waals surface area contributed by atoms with Gasteiger partial charge in [-0.05, 0) is 49.6 Å². The molecule has 2 aromatic carbocycles. The van der Waals surface area contributed by atoms with Crippen molar-refractivity contribution in [2.75, 3.05) is 0 Å². The maximum Gasteiger partial charge on any atom is 0.220 e. The van der Waals surface area contributed by atoms with Gasteiger partial charge in [0.2, 0.25) is 5.91 Å². The third kappa shape index (κ3) is 4.77. The van der Waals surface area contributed by atoms with Crippen LogP contribution in [0.25, 0.3) is 11.3 Å². The van der Waals surface area contributed by atoms with Crippen molar-refractivity contribution >= 4 is 17.5 Å². The molecule has 0 saturated carbocycles. The van der Waals surface area contributed by atoms with Gasteiger partial charge < -0.3 is 9.73 Å². The van der Waals surface area contributed by atoms with Crippen LogP contribution in [0.1, 0.15) is 42.0 Å². The molecule has 0 aliphatic rings. The third-order valence-electron chi connectivity index (χ3n) is 4.66. The highest BCUT2D eigenvalue weighted by atomic mass is 35.5. The van der Waals surface area contributed by atoms with Crippen LogP contribution in [0, 0.1) is 13.8 Å². The largest absolute Gasteiger partial charge is 0.441 e. The molecule has 4 nitrogen and oxygen atoms in total. The lowest BCUT2D eigenvalue weighted by Crippen LogP contribution is -2.27. The summed E-state index contributed by atoms with van der Waals surface area (Å²) in [6, 6.07) is 13.5. The van der Waals surface area contributed by atoms with Crippen molar-refractivity contribution in [2.45, 2.75) is 39.7 Å². The molecule has 1 N–H and O–H groups in total. The predicted molar refractivity (Wildman–Crippen MR) is 108 cm³/mol. The van der Waals surface area contributed by atoms with Crippen LogP contribution in [0.5, 0.6) is 0 Å². The fourth-order valence-electron chi connectivity index (χ4n) is 2.89. The summed E-state index contributed by atoms with van der Waals surface area (Å²) >= 11 is 6.18. The molecule has 27 heavy (non-hydrogen) atoms. The molecule has 1 atom stereocenters. The van der Waals surface area contributed by atoms with E-state index in [0.29, 0.717) is 23.8 Å². The Kier molecular flexibility index (Phi) is 5.97. The Morgan fingerprint density at radius 2 is 1.96 bits per heavy atom. The number of nitrogens with zero attached hydrogens (tertiary/aromatic N) is 1. The van der Waals surface area contributed by atoms with Gasteiger partial charge in [0, 0.05) is 23.4 Å². The Balaban J connectivity index is 1.57. The maximum atomic E-state index is 12.2. The Morgan fingerprint density at radius 3 is 2.70 bits per heavy atom. The Morgan fingerprint density at radius 1 is 1.19 bits per heavy atom. The van der Waals surface area contributed by atoms with Crippen LogP contribution in [0.3, 0.4) is 0 Å². The van der Waals surface area contributed by atoms with E-state index in [0.717, 1.165) is 16.9 Å². The number of carbonyl (C=O) groups excluding carboxylic acids is 1. The van der Waals surface area contributed by atoms with Gasteiger partial charge in [-0.3, -0.25) is 4.79 Å². The number of benzene rings is 2. The van der Waals surface area contributed by atoms with Crippen molar-refractivity contribution in [3.05, 3.63) is 76.3 Å². The number of aryl methyl sites for hydroxylation is 3. The summed E-state index contributed by atoms with van der Waals surface area (Å²) in [5.41, 5.74) is 4.34. The molecule has 0 saturated heterocycles. The predicted octanol–water partition coefficient (Wildman–Crippen LogP) is 5.42. The lowest BCUT2D eigenvalue weighted by molar-refractivity contribution is -0.121. The van der Waals surface area contributed by atoms with Crippen LogP contribution in [0.4, 0.5) is 0 Å². The highest BCUT2D eigenvalue weighted by Crippen LogP contribution is 2.24. The van der Waals surface area contributed by atoms with E-state index in [1.165, 1.54) is 11.1 Å². The zero-order chi connectivity index (χ0) is 19.4. The molecule has 1 aromatic heterocycles. The molecule has 0 spiro atoms. The first-order valence-electron chi connectivity index (χ1n) is 9.00. The van der Waals surface area contributed by atoms with E-state index in [-0.39, 0.29) is 11.9 Å². The van der Waals surface area contributed by atoms with Crippen molar-refractivity contribution in [3.8, 4) is 11.3 Å². The molecular formula is C22H23ClN2O2. The van der Waals surface area contributed by atoms with E-state index >= 15 is 0 Å². The molecule has 1 heterocycles. The molecule has 0 bridgehead atoms. The summed E-state index contributed by atoms with van der Waals surface area (Å²) in [5, 5.41) is 3.62. The summed E-state index contributed by atoms with van der Waals surface area (Å²) in [4.78, 5) is 16.5. The van der Waals surface area contributed by atoms with Crippen LogP contribution in [-0.4, -0.2) is 10.9 Å². The van der Waals surface area contributed by atoms with E-state index < -0.39 is 0 Å². The third-order valence-corrected chi connectivity index (χ3v) is 5.00. The summed E-state index contributed by atoms with van der Waals surface area (Å²) < 4.78 is 5.81. The molecular weight excluding hydrogens is 360 g/mol. The summed E-state index contributed by atoms with van der Waals surface area (Å²) in [7, 11) is 0. The fraction of sp³-hybridized carbons (Fsp3) is 0.273. The van der Waals surface area contributed by atoms with Crippen LogP contribution in [0.2, 0.25) is 5.02 Å². The van der Waals surface area contributed by atoms with Gasteiger partial charge in [0.1, 0.15) is 0 Å². The molecule has 3 rings (SSSR count). The van der Waals surface area contributed by atoms with Crippen LogP contribution in [0.15, 0.2) is 53.1 Å². The Hall–Kier alpha value is -2.59. The average molecular weight is 383 g/mol. The highest BCUT2D eigenvalue weighted by Gasteiger charge is 2.14. The van der Waals surface area contributed by atoms with E-state index in [9.17, 15) is 4.79 Å². The molecule has 0 aliphatic heterocycles. The number of rotatable bonds is 6. The summed E-state index contributed by atoms with van der Waals surface area (Å²) in [6.45, 7) is 6.07. The standard InChI is InChI=1S/C22H23ClN2O2/c1-14-8-9-17(12-15(14)2)20-13-24-22(27-20)11-10-21(26)25-16(3)18-6-4-5-7-19(18)23/h4-9,12-13,16H,10-11H2,1-3H3,(H,25,26)/t16-/m1/s1. The van der Waals surface area contributed by atoms with E-state index in [1.54, 1.807) is 6.20 Å². The van der Waals surface area contributed by atoms with Gasteiger partial charge in [0.05, 0.1) is 12.2 Å². The number of halogens is 1. The van der Waals surface area contributed by atoms with Crippen LogP contribution >= 0.6 is 11.6 Å².